The van der Waals surface area contributed by atoms with Crippen LogP contribution in [0.5, 0.6) is 0 Å². The largest absolute Gasteiger partial charge is 0.395 e. The molecule has 0 spiro atoms. The van der Waals surface area contributed by atoms with E-state index in [0.717, 1.165) is 0 Å². The molecule has 0 saturated carbocycles. The number of hydrogen-bond donors (Lipinski definition) is 1. The van der Waals surface area contributed by atoms with Gasteiger partial charge < -0.3 is 5.11 Å². The zero-order valence-electron chi connectivity index (χ0n) is 10.7. The predicted octanol–water partition coefficient (Wildman–Crippen LogP) is 0.601. The SMILES string of the molecule is CC1CN(c2cc(C#CCCO)ccn2)S(=O)(=O)C1. The van der Waals surface area contributed by atoms with Gasteiger partial charge in [-0.15, -0.1) is 0 Å². The van der Waals surface area contributed by atoms with Crippen molar-refractivity contribution in [1.29, 1.82) is 0 Å². The summed E-state index contributed by atoms with van der Waals surface area (Å²) in [6, 6.07) is 3.39. The first-order valence-electron chi connectivity index (χ1n) is 6.09. The molecule has 1 aromatic rings. The first-order chi connectivity index (χ1) is 9.03. The average Bonchev–Trinajstić information content (AvgIpc) is 2.63. The van der Waals surface area contributed by atoms with E-state index in [1.165, 1.54) is 4.31 Å². The molecule has 0 radical (unpaired) electrons. The van der Waals surface area contributed by atoms with E-state index < -0.39 is 10.0 Å². The fourth-order valence-corrected chi connectivity index (χ4v) is 3.86. The Bertz CT molecular complexity index is 616. The smallest absolute Gasteiger partial charge is 0.236 e. The number of aromatic nitrogens is 1. The third kappa shape index (κ3) is 3.25. The minimum absolute atomic E-state index is 0.0168. The van der Waals surface area contributed by atoms with Crippen LogP contribution in [-0.4, -0.2) is 37.4 Å². The normalized spacial score (nSPS) is 20.9. The standard InChI is InChI=1S/C13H16N2O3S/c1-11-9-15(19(17,18)10-11)13-8-12(5-6-14-13)4-2-3-7-16/h5-6,8,11,16H,3,7,9-10H2,1H3. The van der Waals surface area contributed by atoms with Crippen LogP contribution in [0.3, 0.4) is 0 Å². The molecule has 2 heterocycles. The Labute approximate surface area is 113 Å². The van der Waals surface area contributed by atoms with E-state index in [1.807, 2.05) is 6.92 Å². The molecule has 5 nitrogen and oxygen atoms in total. The number of sulfonamides is 1. The Hall–Kier alpha value is -1.58. The zero-order chi connectivity index (χ0) is 13.9. The van der Waals surface area contributed by atoms with Gasteiger partial charge >= 0.3 is 0 Å². The summed E-state index contributed by atoms with van der Waals surface area (Å²) in [7, 11) is -3.25. The summed E-state index contributed by atoms with van der Waals surface area (Å²) < 4.78 is 25.3. The van der Waals surface area contributed by atoms with Crippen molar-refractivity contribution in [1.82, 2.24) is 4.98 Å². The van der Waals surface area contributed by atoms with Crippen molar-refractivity contribution < 1.29 is 13.5 Å². The molecule has 1 saturated heterocycles. The van der Waals surface area contributed by atoms with E-state index >= 15 is 0 Å². The second kappa shape index (κ2) is 5.59. The molecule has 19 heavy (non-hydrogen) atoms. The summed E-state index contributed by atoms with van der Waals surface area (Å²) in [6.45, 7) is 2.38. The van der Waals surface area contributed by atoms with Crippen molar-refractivity contribution in [3.05, 3.63) is 23.9 Å². The van der Waals surface area contributed by atoms with Crippen LogP contribution in [0.1, 0.15) is 18.9 Å². The molecule has 0 aromatic carbocycles. The average molecular weight is 280 g/mol. The van der Waals surface area contributed by atoms with Gasteiger partial charge in [-0.05, 0) is 18.1 Å². The fourth-order valence-electron chi connectivity index (χ4n) is 1.99. The Morgan fingerprint density at radius 2 is 2.37 bits per heavy atom. The second-order valence-electron chi connectivity index (χ2n) is 4.59. The highest BCUT2D eigenvalue weighted by Crippen LogP contribution is 2.25. The number of aliphatic hydroxyl groups excluding tert-OH is 1. The third-order valence-electron chi connectivity index (χ3n) is 2.78. The second-order valence-corrected chi connectivity index (χ2v) is 6.53. The van der Waals surface area contributed by atoms with E-state index in [2.05, 4.69) is 16.8 Å². The molecule has 1 aliphatic rings. The highest BCUT2D eigenvalue weighted by molar-refractivity contribution is 7.93. The van der Waals surface area contributed by atoms with Crippen LogP contribution >= 0.6 is 0 Å². The van der Waals surface area contributed by atoms with Crippen molar-refractivity contribution in [3.63, 3.8) is 0 Å². The molecule has 1 atom stereocenters. The molecule has 1 N–H and O–H groups in total. The molecule has 6 heteroatoms. The molecule has 0 bridgehead atoms. The zero-order valence-corrected chi connectivity index (χ0v) is 11.5. The van der Waals surface area contributed by atoms with Gasteiger partial charge in [0.1, 0.15) is 5.82 Å². The number of hydrogen-bond acceptors (Lipinski definition) is 4. The van der Waals surface area contributed by atoms with Crippen molar-refractivity contribution in [2.45, 2.75) is 13.3 Å². The van der Waals surface area contributed by atoms with Gasteiger partial charge in [-0.1, -0.05) is 18.8 Å². The minimum atomic E-state index is -3.25. The Morgan fingerprint density at radius 3 is 3.00 bits per heavy atom. The van der Waals surface area contributed by atoms with Crippen molar-refractivity contribution in [3.8, 4) is 11.8 Å². The highest BCUT2D eigenvalue weighted by atomic mass is 32.2. The Balaban J connectivity index is 2.27. The van der Waals surface area contributed by atoms with Crippen LogP contribution in [0.4, 0.5) is 5.82 Å². The molecule has 1 fully saturated rings. The lowest BCUT2D eigenvalue weighted by Crippen LogP contribution is -2.26. The first kappa shape index (κ1) is 13.8. The van der Waals surface area contributed by atoms with E-state index in [9.17, 15) is 8.42 Å². The maximum Gasteiger partial charge on any atom is 0.236 e. The van der Waals surface area contributed by atoms with E-state index in [0.29, 0.717) is 24.3 Å². The van der Waals surface area contributed by atoms with Gasteiger partial charge in [-0.3, -0.25) is 4.31 Å². The lowest BCUT2D eigenvalue weighted by molar-refractivity contribution is 0.305. The Morgan fingerprint density at radius 1 is 1.58 bits per heavy atom. The van der Waals surface area contributed by atoms with Gasteiger partial charge in [0.2, 0.25) is 10.0 Å². The van der Waals surface area contributed by atoms with Gasteiger partial charge in [0.25, 0.3) is 0 Å². The maximum absolute atomic E-state index is 12.0. The number of aliphatic hydroxyl groups is 1. The van der Waals surface area contributed by atoms with Crippen LogP contribution in [0.2, 0.25) is 0 Å². The van der Waals surface area contributed by atoms with Gasteiger partial charge in [0, 0.05) is 24.7 Å². The Kier molecular flexibility index (Phi) is 4.08. The molecule has 1 aliphatic heterocycles. The van der Waals surface area contributed by atoms with Gasteiger partial charge in [0.05, 0.1) is 12.4 Å². The van der Waals surface area contributed by atoms with E-state index in [-0.39, 0.29) is 18.3 Å². The van der Waals surface area contributed by atoms with Crippen molar-refractivity contribution in [2.24, 2.45) is 5.92 Å². The van der Waals surface area contributed by atoms with Crippen molar-refractivity contribution >= 4 is 15.8 Å². The summed E-state index contributed by atoms with van der Waals surface area (Å²) >= 11 is 0. The topological polar surface area (TPSA) is 70.5 Å². The number of anilines is 1. The number of nitrogens with zero attached hydrogens (tertiary/aromatic N) is 2. The summed E-state index contributed by atoms with van der Waals surface area (Å²) in [5.74, 6) is 6.37. The number of pyridine rings is 1. The maximum atomic E-state index is 12.0. The molecular formula is C13H16N2O3S. The summed E-state index contributed by atoms with van der Waals surface area (Å²) in [5, 5.41) is 8.67. The fraction of sp³-hybridized carbons (Fsp3) is 0.462. The highest BCUT2D eigenvalue weighted by Gasteiger charge is 2.34. The monoisotopic (exact) mass is 280 g/mol. The minimum Gasteiger partial charge on any atom is -0.395 e. The van der Waals surface area contributed by atoms with Gasteiger partial charge in [0.15, 0.2) is 0 Å². The quantitative estimate of drug-likeness (QED) is 0.805. The van der Waals surface area contributed by atoms with Crippen molar-refractivity contribution in [2.75, 3.05) is 23.2 Å². The molecule has 1 unspecified atom stereocenters. The van der Waals surface area contributed by atoms with Gasteiger partial charge in [-0.25, -0.2) is 13.4 Å². The summed E-state index contributed by atoms with van der Waals surface area (Å²) in [5.41, 5.74) is 0.702. The molecule has 0 aliphatic carbocycles. The third-order valence-corrected chi connectivity index (χ3v) is 4.78. The molecular weight excluding hydrogens is 264 g/mol. The molecule has 2 rings (SSSR count). The number of rotatable bonds is 2. The molecule has 0 amide bonds. The lowest BCUT2D eigenvalue weighted by atomic mass is 10.2. The van der Waals surface area contributed by atoms with Crippen LogP contribution < -0.4 is 4.31 Å². The van der Waals surface area contributed by atoms with E-state index in [4.69, 9.17) is 5.11 Å². The summed E-state index contributed by atoms with van der Waals surface area (Å²) in [4.78, 5) is 4.11. The van der Waals surface area contributed by atoms with E-state index in [1.54, 1.807) is 18.3 Å². The summed E-state index contributed by atoms with van der Waals surface area (Å²) in [6.07, 6.45) is 1.95. The molecule has 1 aromatic heterocycles. The van der Waals surface area contributed by atoms with Crippen LogP contribution in [0.25, 0.3) is 0 Å². The predicted molar refractivity (Wildman–Crippen MR) is 73.1 cm³/mol. The van der Waals surface area contributed by atoms with Gasteiger partial charge in [-0.2, -0.15) is 0 Å². The molecule has 102 valence electrons. The lowest BCUT2D eigenvalue weighted by Gasteiger charge is -2.15. The van der Waals surface area contributed by atoms with Crippen LogP contribution in [-0.2, 0) is 10.0 Å². The van der Waals surface area contributed by atoms with Crippen LogP contribution in [0, 0.1) is 17.8 Å². The van der Waals surface area contributed by atoms with Crippen LogP contribution in [0.15, 0.2) is 18.3 Å². The first-order valence-corrected chi connectivity index (χ1v) is 7.70.